The van der Waals surface area contributed by atoms with Crippen LogP contribution in [-0.2, 0) is 10.0 Å². The molecule has 0 aliphatic heterocycles. The number of aryl methyl sites for hydroxylation is 1. The van der Waals surface area contributed by atoms with Crippen molar-refractivity contribution >= 4 is 10.0 Å². The molecule has 0 unspecified atom stereocenters. The lowest BCUT2D eigenvalue weighted by Gasteiger charge is -2.17. The molecule has 4 nitrogen and oxygen atoms in total. The van der Waals surface area contributed by atoms with E-state index in [0.29, 0.717) is 11.4 Å². The van der Waals surface area contributed by atoms with E-state index in [9.17, 15) is 8.42 Å². The van der Waals surface area contributed by atoms with E-state index in [4.69, 9.17) is 0 Å². The van der Waals surface area contributed by atoms with E-state index in [-0.39, 0.29) is 0 Å². The maximum absolute atomic E-state index is 12.1. The van der Waals surface area contributed by atoms with E-state index in [2.05, 4.69) is 23.5 Å². The van der Waals surface area contributed by atoms with Crippen LogP contribution in [0.4, 0.5) is 0 Å². The quantitative estimate of drug-likeness (QED) is 0.743. The van der Waals surface area contributed by atoms with E-state index in [1.54, 1.807) is 12.1 Å². The number of hydrogen-bond acceptors (Lipinski definition) is 3. The van der Waals surface area contributed by atoms with Crippen LogP contribution < -0.4 is 4.72 Å². The molecular formula is C14H24N2O2S. The molecule has 0 bridgehead atoms. The number of nitrogens with zero attached hydrogens (tertiary/aromatic N) is 1. The van der Waals surface area contributed by atoms with Crippen LogP contribution in [0.1, 0.15) is 25.8 Å². The summed E-state index contributed by atoms with van der Waals surface area (Å²) in [7, 11) is -3.37. The van der Waals surface area contributed by atoms with Gasteiger partial charge in [0.05, 0.1) is 4.90 Å². The lowest BCUT2D eigenvalue weighted by molar-refractivity contribution is 0.300. The Morgan fingerprint density at radius 1 is 1.16 bits per heavy atom. The highest BCUT2D eigenvalue weighted by Crippen LogP contribution is 2.13. The Morgan fingerprint density at radius 2 is 1.79 bits per heavy atom. The van der Waals surface area contributed by atoms with Gasteiger partial charge in [0.2, 0.25) is 10.0 Å². The largest absolute Gasteiger partial charge is 0.304 e. The Bertz CT molecular complexity index is 482. The Kier molecular flexibility index (Phi) is 6.48. The first-order valence-corrected chi connectivity index (χ1v) is 8.27. The van der Waals surface area contributed by atoms with Gasteiger partial charge in [0, 0.05) is 6.54 Å². The third-order valence-corrected chi connectivity index (χ3v) is 4.84. The summed E-state index contributed by atoms with van der Waals surface area (Å²) in [5.41, 5.74) is 0.777. The third kappa shape index (κ3) is 4.93. The average molecular weight is 284 g/mol. The van der Waals surface area contributed by atoms with E-state index in [1.165, 1.54) is 0 Å². The zero-order valence-electron chi connectivity index (χ0n) is 12.0. The summed E-state index contributed by atoms with van der Waals surface area (Å²) in [6.45, 7) is 9.44. The van der Waals surface area contributed by atoms with Gasteiger partial charge < -0.3 is 4.90 Å². The third-order valence-electron chi connectivity index (χ3n) is 3.22. The van der Waals surface area contributed by atoms with Crippen molar-refractivity contribution < 1.29 is 8.42 Å². The Hall–Kier alpha value is -0.910. The molecule has 0 heterocycles. The SMILES string of the molecule is CCN(CC)CCCNS(=O)(=O)c1ccccc1C. The smallest absolute Gasteiger partial charge is 0.240 e. The van der Waals surface area contributed by atoms with Crippen LogP contribution in [0.5, 0.6) is 0 Å². The first-order valence-electron chi connectivity index (χ1n) is 6.79. The van der Waals surface area contributed by atoms with E-state index in [1.807, 2.05) is 19.1 Å². The molecule has 0 aliphatic rings. The highest BCUT2D eigenvalue weighted by molar-refractivity contribution is 7.89. The summed E-state index contributed by atoms with van der Waals surface area (Å²) in [5, 5.41) is 0. The van der Waals surface area contributed by atoms with Crippen LogP contribution in [0.25, 0.3) is 0 Å². The van der Waals surface area contributed by atoms with E-state index >= 15 is 0 Å². The van der Waals surface area contributed by atoms with Gasteiger partial charge in [-0.1, -0.05) is 32.0 Å². The molecule has 0 saturated carbocycles. The van der Waals surface area contributed by atoms with Crippen molar-refractivity contribution in [3.05, 3.63) is 29.8 Å². The van der Waals surface area contributed by atoms with Crippen LogP contribution >= 0.6 is 0 Å². The first-order chi connectivity index (χ1) is 9.01. The fourth-order valence-electron chi connectivity index (χ4n) is 1.98. The van der Waals surface area contributed by atoms with Gasteiger partial charge >= 0.3 is 0 Å². The van der Waals surface area contributed by atoms with Crippen molar-refractivity contribution in [3.8, 4) is 0 Å². The van der Waals surface area contributed by atoms with Crippen molar-refractivity contribution in [1.82, 2.24) is 9.62 Å². The number of rotatable bonds is 8. The molecule has 108 valence electrons. The van der Waals surface area contributed by atoms with Crippen LogP contribution in [0.3, 0.4) is 0 Å². The van der Waals surface area contributed by atoms with E-state index in [0.717, 1.165) is 31.6 Å². The molecule has 0 radical (unpaired) electrons. The fraction of sp³-hybridized carbons (Fsp3) is 0.571. The topological polar surface area (TPSA) is 49.4 Å². The Balaban J connectivity index is 2.51. The number of benzene rings is 1. The second kappa shape index (κ2) is 7.62. The predicted molar refractivity (Wildman–Crippen MR) is 78.8 cm³/mol. The summed E-state index contributed by atoms with van der Waals surface area (Å²) in [6.07, 6.45) is 0.826. The summed E-state index contributed by atoms with van der Waals surface area (Å²) in [5.74, 6) is 0. The van der Waals surface area contributed by atoms with Crippen molar-refractivity contribution in [2.45, 2.75) is 32.1 Å². The van der Waals surface area contributed by atoms with Crippen molar-refractivity contribution in [2.24, 2.45) is 0 Å². The average Bonchev–Trinajstić information content (AvgIpc) is 2.39. The highest BCUT2D eigenvalue weighted by atomic mass is 32.2. The minimum Gasteiger partial charge on any atom is -0.304 e. The fourth-order valence-corrected chi connectivity index (χ4v) is 3.30. The van der Waals surface area contributed by atoms with E-state index < -0.39 is 10.0 Å². The minimum atomic E-state index is -3.37. The Labute approximate surface area is 116 Å². The lowest BCUT2D eigenvalue weighted by atomic mass is 10.2. The standard InChI is InChI=1S/C14H24N2O2S/c1-4-16(5-2)12-8-11-15-19(17,18)14-10-7-6-9-13(14)3/h6-7,9-10,15H,4-5,8,11-12H2,1-3H3. The zero-order valence-corrected chi connectivity index (χ0v) is 12.8. The molecule has 0 atom stereocenters. The normalized spacial score (nSPS) is 12.0. The number of hydrogen-bond donors (Lipinski definition) is 1. The van der Waals surface area contributed by atoms with Crippen LogP contribution in [0.2, 0.25) is 0 Å². The zero-order chi connectivity index (χ0) is 14.3. The molecule has 5 heteroatoms. The van der Waals surface area contributed by atoms with Gasteiger partial charge in [-0.3, -0.25) is 0 Å². The highest BCUT2D eigenvalue weighted by Gasteiger charge is 2.15. The molecule has 19 heavy (non-hydrogen) atoms. The first kappa shape index (κ1) is 16.1. The van der Waals surface area contributed by atoms with Gasteiger partial charge in [-0.2, -0.15) is 0 Å². The van der Waals surface area contributed by atoms with Gasteiger partial charge in [-0.05, 0) is 44.6 Å². The summed E-state index contributed by atoms with van der Waals surface area (Å²) in [6, 6.07) is 7.04. The molecule has 1 aromatic carbocycles. The molecule has 0 amide bonds. The van der Waals surface area contributed by atoms with Gasteiger partial charge in [0.1, 0.15) is 0 Å². The summed E-state index contributed by atoms with van der Waals surface area (Å²) in [4.78, 5) is 2.65. The molecular weight excluding hydrogens is 260 g/mol. The molecule has 0 aliphatic carbocycles. The molecule has 0 saturated heterocycles. The maximum atomic E-state index is 12.1. The van der Waals surface area contributed by atoms with Crippen molar-refractivity contribution in [1.29, 1.82) is 0 Å². The lowest BCUT2D eigenvalue weighted by Crippen LogP contribution is -2.30. The second-order valence-corrected chi connectivity index (χ2v) is 6.28. The summed E-state index contributed by atoms with van der Waals surface area (Å²) < 4.78 is 26.9. The maximum Gasteiger partial charge on any atom is 0.240 e. The predicted octanol–water partition coefficient (Wildman–Crippen LogP) is 2.01. The number of sulfonamides is 1. The molecule has 1 N–H and O–H groups in total. The molecule has 0 aromatic heterocycles. The van der Waals surface area contributed by atoms with Gasteiger partial charge in [-0.25, -0.2) is 13.1 Å². The van der Waals surface area contributed by atoms with Crippen molar-refractivity contribution in [3.63, 3.8) is 0 Å². The summed E-state index contributed by atoms with van der Waals surface area (Å²) >= 11 is 0. The van der Waals surface area contributed by atoms with Gasteiger partial charge in [-0.15, -0.1) is 0 Å². The second-order valence-electron chi connectivity index (χ2n) is 4.54. The number of nitrogens with one attached hydrogen (secondary N) is 1. The van der Waals surface area contributed by atoms with Crippen LogP contribution in [0.15, 0.2) is 29.2 Å². The van der Waals surface area contributed by atoms with Crippen molar-refractivity contribution in [2.75, 3.05) is 26.2 Å². The van der Waals surface area contributed by atoms with Crippen LogP contribution in [-0.4, -0.2) is 39.5 Å². The van der Waals surface area contributed by atoms with Gasteiger partial charge in [0.15, 0.2) is 0 Å². The minimum absolute atomic E-state index is 0.373. The van der Waals surface area contributed by atoms with Gasteiger partial charge in [0.25, 0.3) is 0 Å². The molecule has 0 spiro atoms. The molecule has 0 fully saturated rings. The monoisotopic (exact) mass is 284 g/mol. The molecule has 1 aromatic rings. The molecule has 1 rings (SSSR count). The van der Waals surface area contributed by atoms with Crippen LogP contribution in [0, 0.1) is 6.92 Å². The Morgan fingerprint density at radius 3 is 2.37 bits per heavy atom.